The van der Waals surface area contributed by atoms with E-state index in [0.717, 1.165) is 24.0 Å². The highest BCUT2D eigenvalue weighted by molar-refractivity contribution is 5.40. The first-order chi connectivity index (χ1) is 7.75. The van der Waals surface area contributed by atoms with Crippen molar-refractivity contribution in [2.75, 3.05) is 13.2 Å². The quantitative estimate of drug-likeness (QED) is 0.715. The highest BCUT2D eigenvalue weighted by Crippen LogP contribution is 2.37. The maximum Gasteiger partial charge on any atom is 0.231 e. The van der Waals surface area contributed by atoms with Crippen LogP contribution in [-0.4, -0.2) is 19.0 Å². The van der Waals surface area contributed by atoms with Crippen LogP contribution >= 0.6 is 0 Å². The number of ether oxygens (including phenoxy) is 3. The topological polar surface area (TPSA) is 31.0 Å². The second kappa shape index (κ2) is 3.67. The molecule has 2 fully saturated rings. The number of rotatable bonds is 5. The fourth-order valence-corrected chi connectivity index (χ4v) is 1.54. The van der Waals surface area contributed by atoms with E-state index >= 15 is 0 Å². The third-order valence-corrected chi connectivity index (χ3v) is 2.90. The summed E-state index contributed by atoms with van der Waals surface area (Å²) in [6, 6.07) is 7.79. The van der Waals surface area contributed by atoms with Gasteiger partial charge in [0, 0.05) is 6.92 Å². The molecular formula is C13H16O3. The van der Waals surface area contributed by atoms with Crippen LogP contribution in [0.5, 0.6) is 11.5 Å². The normalized spacial score (nSPS) is 27.6. The van der Waals surface area contributed by atoms with Crippen LogP contribution < -0.4 is 9.47 Å². The Balaban J connectivity index is 1.69. The summed E-state index contributed by atoms with van der Waals surface area (Å²) in [6.07, 6.45) is 2.59. The summed E-state index contributed by atoms with van der Waals surface area (Å²) in [5, 5.41) is 0. The number of para-hydroxylation sites is 2. The van der Waals surface area contributed by atoms with Crippen molar-refractivity contribution in [1.29, 1.82) is 0 Å². The number of hydrogen-bond acceptors (Lipinski definition) is 3. The van der Waals surface area contributed by atoms with E-state index in [1.54, 1.807) is 0 Å². The lowest BCUT2D eigenvalue weighted by atomic mass is 10.3. The molecule has 3 nitrogen and oxygen atoms in total. The number of epoxide rings is 1. The van der Waals surface area contributed by atoms with E-state index in [2.05, 4.69) is 0 Å². The summed E-state index contributed by atoms with van der Waals surface area (Å²) in [6.45, 7) is 3.40. The van der Waals surface area contributed by atoms with Crippen molar-refractivity contribution in [3.8, 4) is 11.5 Å². The van der Waals surface area contributed by atoms with Gasteiger partial charge in [0.25, 0.3) is 0 Å². The third-order valence-electron chi connectivity index (χ3n) is 2.90. The first-order valence-electron chi connectivity index (χ1n) is 5.80. The van der Waals surface area contributed by atoms with Gasteiger partial charge < -0.3 is 14.2 Å². The minimum absolute atomic E-state index is 0.432. The van der Waals surface area contributed by atoms with E-state index in [1.807, 2.05) is 31.2 Å². The maximum absolute atomic E-state index is 5.75. The summed E-state index contributed by atoms with van der Waals surface area (Å²) >= 11 is 0. The maximum atomic E-state index is 5.75. The van der Waals surface area contributed by atoms with Gasteiger partial charge in [0.05, 0.1) is 6.61 Å². The minimum atomic E-state index is -0.432. The van der Waals surface area contributed by atoms with Gasteiger partial charge in [-0.1, -0.05) is 12.1 Å². The van der Waals surface area contributed by atoms with Crippen LogP contribution in [0.2, 0.25) is 0 Å². The Morgan fingerprint density at radius 1 is 1.31 bits per heavy atom. The largest absolute Gasteiger partial charge is 0.489 e. The van der Waals surface area contributed by atoms with Gasteiger partial charge in [-0.05, 0) is 30.9 Å². The van der Waals surface area contributed by atoms with Crippen molar-refractivity contribution in [2.24, 2.45) is 5.92 Å². The Morgan fingerprint density at radius 2 is 2.00 bits per heavy atom. The predicted octanol–water partition coefficient (Wildman–Crippen LogP) is 2.60. The Morgan fingerprint density at radius 3 is 2.62 bits per heavy atom. The van der Waals surface area contributed by atoms with Gasteiger partial charge in [0.2, 0.25) is 5.79 Å². The zero-order chi connectivity index (χ0) is 11.0. The summed E-state index contributed by atoms with van der Waals surface area (Å²) in [5.74, 6) is 1.93. The average molecular weight is 220 g/mol. The number of benzene rings is 1. The minimum Gasteiger partial charge on any atom is -0.489 e. The van der Waals surface area contributed by atoms with Crippen molar-refractivity contribution in [2.45, 2.75) is 25.6 Å². The van der Waals surface area contributed by atoms with Crippen molar-refractivity contribution in [1.82, 2.24) is 0 Å². The molecule has 0 N–H and O–H groups in total. The van der Waals surface area contributed by atoms with E-state index in [1.165, 1.54) is 12.8 Å². The SMILES string of the molecule is CC1(Oc2ccccc2OCC2CC2)CO1. The first-order valence-corrected chi connectivity index (χ1v) is 5.80. The van der Waals surface area contributed by atoms with Crippen LogP contribution in [0.25, 0.3) is 0 Å². The molecule has 1 saturated carbocycles. The Kier molecular flexibility index (Phi) is 2.28. The third kappa shape index (κ3) is 2.30. The zero-order valence-electron chi connectivity index (χ0n) is 9.44. The van der Waals surface area contributed by atoms with E-state index in [9.17, 15) is 0 Å². The molecule has 1 aromatic carbocycles. The van der Waals surface area contributed by atoms with Crippen molar-refractivity contribution >= 4 is 0 Å². The van der Waals surface area contributed by atoms with Crippen LogP contribution in [0.15, 0.2) is 24.3 Å². The summed E-state index contributed by atoms with van der Waals surface area (Å²) in [7, 11) is 0. The Labute approximate surface area is 95.3 Å². The number of hydrogen-bond donors (Lipinski definition) is 0. The second-order valence-corrected chi connectivity index (χ2v) is 4.73. The molecule has 1 aliphatic carbocycles. The van der Waals surface area contributed by atoms with E-state index in [4.69, 9.17) is 14.2 Å². The molecule has 1 aromatic rings. The molecule has 3 rings (SSSR count). The van der Waals surface area contributed by atoms with E-state index in [0.29, 0.717) is 6.61 Å². The molecule has 86 valence electrons. The molecular weight excluding hydrogens is 204 g/mol. The molecule has 0 spiro atoms. The van der Waals surface area contributed by atoms with Gasteiger partial charge in [-0.25, -0.2) is 0 Å². The lowest BCUT2D eigenvalue weighted by Crippen LogP contribution is -2.15. The first kappa shape index (κ1) is 9.97. The zero-order valence-corrected chi connectivity index (χ0v) is 9.44. The molecule has 1 unspecified atom stereocenters. The molecule has 3 heteroatoms. The van der Waals surface area contributed by atoms with E-state index < -0.39 is 5.79 Å². The van der Waals surface area contributed by atoms with E-state index in [-0.39, 0.29) is 0 Å². The van der Waals surface area contributed by atoms with Crippen molar-refractivity contribution in [3.05, 3.63) is 24.3 Å². The molecule has 0 bridgehead atoms. The second-order valence-electron chi connectivity index (χ2n) is 4.73. The molecule has 1 atom stereocenters. The smallest absolute Gasteiger partial charge is 0.231 e. The van der Waals surface area contributed by atoms with Crippen LogP contribution in [0.4, 0.5) is 0 Å². The summed E-state index contributed by atoms with van der Waals surface area (Å²) < 4.78 is 16.7. The molecule has 0 aromatic heterocycles. The van der Waals surface area contributed by atoms with Crippen molar-refractivity contribution < 1.29 is 14.2 Å². The molecule has 16 heavy (non-hydrogen) atoms. The molecule has 1 heterocycles. The fraction of sp³-hybridized carbons (Fsp3) is 0.538. The van der Waals surface area contributed by atoms with Gasteiger partial charge in [0.15, 0.2) is 11.5 Å². The fourth-order valence-electron chi connectivity index (χ4n) is 1.54. The molecule has 0 amide bonds. The highest BCUT2D eigenvalue weighted by atomic mass is 16.8. The van der Waals surface area contributed by atoms with Crippen LogP contribution in [-0.2, 0) is 4.74 Å². The monoisotopic (exact) mass is 220 g/mol. The highest BCUT2D eigenvalue weighted by Gasteiger charge is 2.42. The van der Waals surface area contributed by atoms with Crippen LogP contribution in [0, 0.1) is 5.92 Å². The van der Waals surface area contributed by atoms with Gasteiger partial charge in [-0.3, -0.25) is 0 Å². The molecule has 1 saturated heterocycles. The summed E-state index contributed by atoms with van der Waals surface area (Å²) in [5.41, 5.74) is 0. The van der Waals surface area contributed by atoms with Crippen LogP contribution in [0.3, 0.4) is 0 Å². The molecule has 2 aliphatic rings. The molecule has 0 radical (unpaired) electrons. The Bertz CT molecular complexity index is 381. The summed E-state index contributed by atoms with van der Waals surface area (Å²) in [4.78, 5) is 0. The van der Waals surface area contributed by atoms with Gasteiger partial charge >= 0.3 is 0 Å². The van der Waals surface area contributed by atoms with Crippen molar-refractivity contribution in [3.63, 3.8) is 0 Å². The lowest BCUT2D eigenvalue weighted by molar-refractivity contribution is 0.0757. The Hall–Kier alpha value is -1.22. The lowest BCUT2D eigenvalue weighted by Gasteiger charge is -2.14. The molecule has 1 aliphatic heterocycles. The average Bonchev–Trinajstić information content (AvgIpc) is 3.16. The van der Waals surface area contributed by atoms with Gasteiger partial charge in [0.1, 0.15) is 6.61 Å². The van der Waals surface area contributed by atoms with Crippen LogP contribution in [0.1, 0.15) is 19.8 Å². The standard InChI is InChI=1S/C13H16O3/c1-13(9-15-13)16-12-5-3-2-4-11(12)14-8-10-6-7-10/h2-5,10H,6-9H2,1H3. The predicted molar refractivity (Wildman–Crippen MR) is 59.6 cm³/mol. The van der Waals surface area contributed by atoms with Gasteiger partial charge in [-0.15, -0.1) is 0 Å². The van der Waals surface area contributed by atoms with Gasteiger partial charge in [-0.2, -0.15) is 0 Å².